The van der Waals surface area contributed by atoms with E-state index in [0.717, 1.165) is 10.3 Å². The van der Waals surface area contributed by atoms with Crippen LogP contribution in [0.2, 0.25) is 0 Å². The molecule has 1 aromatic carbocycles. The van der Waals surface area contributed by atoms with Gasteiger partial charge >= 0.3 is 5.97 Å². The van der Waals surface area contributed by atoms with Gasteiger partial charge in [0.15, 0.2) is 11.6 Å². The van der Waals surface area contributed by atoms with Gasteiger partial charge in [0.2, 0.25) is 0 Å². The summed E-state index contributed by atoms with van der Waals surface area (Å²) < 4.78 is 32.6. The lowest BCUT2D eigenvalue weighted by atomic mass is 10.1. The maximum absolute atomic E-state index is 13.8. The van der Waals surface area contributed by atoms with E-state index in [1.54, 1.807) is 0 Å². The van der Waals surface area contributed by atoms with Crippen molar-refractivity contribution in [1.29, 1.82) is 0 Å². The standard InChI is InChI=1S/C13H10F2O2S2/c1-17-13(16)8-4-5-10(14)12(15)9(8)7-19-11-3-2-6-18-11/h2-6H,7H2,1H3. The number of thiophene rings is 1. The highest BCUT2D eigenvalue weighted by Crippen LogP contribution is 2.30. The second-order valence-corrected chi connectivity index (χ2v) is 5.82. The zero-order valence-corrected chi connectivity index (χ0v) is 11.6. The van der Waals surface area contributed by atoms with Crippen LogP contribution >= 0.6 is 23.1 Å². The van der Waals surface area contributed by atoms with Gasteiger partial charge in [-0.25, -0.2) is 13.6 Å². The Bertz CT molecular complexity index is 583. The molecule has 6 heteroatoms. The van der Waals surface area contributed by atoms with Crippen molar-refractivity contribution in [1.82, 2.24) is 0 Å². The minimum absolute atomic E-state index is 0.0326. The van der Waals surface area contributed by atoms with E-state index in [1.165, 1.54) is 36.3 Å². The lowest BCUT2D eigenvalue weighted by Crippen LogP contribution is -2.08. The third kappa shape index (κ3) is 3.13. The first-order valence-corrected chi connectivity index (χ1v) is 7.21. The molecule has 0 fully saturated rings. The van der Waals surface area contributed by atoms with Gasteiger partial charge in [-0.3, -0.25) is 0 Å². The Balaban J connectivity index is 2.30. The topological polar surface area (TPSA) is 26.3 Å². The number of thioether (sulfide) groups is 1. The monoisotopic (exact) mass is 300 g/mol. The predicted molar refractivity (Wildman–Crippen MR) is 71.6 cm³/mol. The quantitative estimate of drug-likeness (QED) is 0.628. The summed E-state index contributed by atoms with van der Waals surface area (Å²) in [5.41, 5.74) is 0.0932. The Hall–Kier alpha value is -1.40. The van der Waals surface area contributed by atoms with Crippen LogP contribution < -0.4 is 0 Å². The van der Waals surface area contributed by atoms with Crippen LogP contribution in [0.15, 0.2) is 33.9 Å². The first-order chi connectivity index (χ1) is 9.13. The number of rotatable bonds is 4. The highest BCUT2D eigenvalue weighted by Gasteiger charge is 2.19. The zero-order chi connectivity index (χ0) is 13.8. The van der Waals surface area contributed by atoms with Gasteiger partial charge < -0.3 is 4.74 Å². The fraction of sp³-hybridized carbons (Fsp3) is 0.154. The summed E-state index contributed by atoms with van der Waals surface area (Å²) >= 11 is 2.85. The molecule has 0 aliphatic heterocycles. The highest BCUT2D eigenvalue weighted by molar-refractivity contribution is 8.00. The molecule has 1 heterocycles. The minimum atomic E-state index is -0.994. The molecule has 0 N–H and O–H groups in total. The summed E-state index contributed by atoms with van der Waals surface area (Å²) in [6, 6.07) is 5.93. The Morgan fingerprint density at radius 1 is 1.37 bits per heavy atom. The first-order valence-electron chi connectivity index (χ1n) is 5.35. The average Bonchev–Trinajstić information content (AvgIpc) is 2.92. The van der Waals surface area contributed by atoms with Crippen molar-refractivity contribution >= 4 is 29.1 Å². The average molecular weight is 300 g/mol. The minimum Gasteiger partial charge on any atom is -0.465 e. The molecular weight excluding hydrogens is 290 g/mol. The molecule has 0 saturated heterocycles. The molecule has 0 radical (unpaired) electrons. The molecule has 100 valence electrons. The summed E-state index contributed by atoms with van der Waals surface area (Å²) in [6.07, 6.45) is 0. The van der Waals surface area contributed by atoms with Gasteiger partial charge in [0.1, 0.15) is 0 Å². The van der Waals surface area contributed by atoms with E-state index in [0.29, 0.717) is 0 Å². The Kier molecular flexibility index (Phi) is 4.55. The van der Waals surface area contributed by atoms with Crippen molar-refractivity contribution < 1.29 is 18.3 Å². The molecule has 19 heavy (non-hydrogen) atoms. The zero-order valence-electron chi connectivity index (χ0n) is 9.98. The second-order valence-electron chi connectivity index (χ2n) is 3.60. The third-order valence-corrected chi connectivity index (χ3v) is 4.61. The number of methoxy groups -OCH3 is 1. The van der Waals surface area contributed by atoms with Gasteiger partial charge in [-0.1, -0.05) is 6.07 Å². The van der Waals surface area contributed by atoms with E-state index in [2.05, 4.69) is 4.74 Å². The van der Waals surface area contributed by atoms with Gasteiger partial charge in [-0.2, -0.15) is 0 Å². The van der Waals surface area contributed by atoms with Crippen molar-refractivity contribution in [3.63, 3.8) is 0 Å². The molecular formula is C13H10F2O2S2. The van der Waals surface area contributed by atoms with Crippen molar-refractivity contribution in [3.8, 4) is 0 Å². The van der Waals surface area contributed by atoms with Crippen LogP contribution in [0.25, 0.3) is 0 Å². The van der Waals surface area contributed by atoms with E-state index in [4.69, 9.17) is 0 Å². The van der Waals surface area contributed by atoms with Gasteiger partial charge in [0.05, 0.1) is 16.9 Å². The molecule has 0 saturated carbocycles. The van der Waals surface area contributed by atoms with Crippen molar-refractivity contribution in [2.45, 2.75) is 9.96 Å². The SMILES string of the molecule is COC(=O)c1ccc(F)c(F)c1CSc1cccs1. The van der Waals surface area contributed by atoms with E-state index in [-0.39, 0.29) is 16.9 Å². The first kappa shape index (κ1) is 14.0. The lowest BCUT2D eigenvalue weighted by Gasteiger charge is -2.09. The predicted octanol–water partition coefficient (Wildman–Crippen LogP) is 4.11. The molecule has 0 spiro atoms. The summed E-state index contributed by atoms with van der Waals surface area (Å²) in [5, 5.41) is 1.89. The normalized spacial score (nSPS) is 10.5. The van der Waals surface area contributed by atoms with E-state index in [9.17, 15) is 13.6 Å². The van der Waals surface area contributed by atoms with Crippen LogP contribution in [0.1, 0.15) is 15.9 Å². The number of hydrogen-bond donors (Lipinski definition) is 0. The van der Waals surface area contributed by atoms with Crippen molar-refractivity contribution in [2.24, 2.45) is 0 Å². The number of hydrogen-bond acceptors (Lipinski definition) is 4. The lowest BCUT2D eigenvalue weighted by molar-refractivity contribution is 0.0599. The smallest absolute Gasteiger partial charge is 0.338 e. The Morgan fingerprint density at radius 2 is 2.16 bits per heavy atom. The van der Waals surface area contributed by atoms with Gasteiger partial charge in [0.25, 0.3) is 0 Å². The van der Waals surface area contributed by atoms with E-state index in [1.807, 2.05) is 17.5 Å². The molecule has 2 aromatic rings. The molecule has 0 aliphatic carbocycles. The molecule has 0 bridgehead atoms. The van der Waals surface area contributed by atoms with Gasteiger partial charge in [0, 0.05) is 11.3 Å². The summed E-state index contributed by atoms with van der Waals surface area (Å²) in [6.45, 7) is 0. The number of carbonyl (C=O) groups is 1. The molecule has 0 atom stereocenters. The fourth-order valence-corrected chi connectivity index (χ4v) is 3.33. The Morgan fingerprint density at radius 3 is 2.79 bits per heavy atom. The molecule has 2 rings (SSSR count). The highest BCUT2D eigenvalue weighted by atomic mass is 32.2. The number of ether oxygens (including phenoxy) is 1. The van der Waals surface area contributed by atoms with Gasteiger partial charge in [-0.05, 0) is 23.6 Å². The van der Waals surface area contributed by atoms with Crippen LogP contribution in [0.5, 0.6) is 0 Å². The molecule has 1 aromatic heterocycles. The van der Waals surface area contributed by atoms with Crippen LogP contribution in [0, 0.1) is 11.6 Å². The summed E-state index contributed by atoms with van der Waals surface area (Å²) in [4.78, 5) is 11.5. The third-order valence-electron chi connectivity index (χ3n) is 2.46. The van der Waals surface area contributed by atoms with Gasteiger partial charge in [-0.15, -0.1) is 23.1 Å². The molecule has 0 aliphatic rings. The molecule has 0 amide bonds. The van der Waals surface area contributed by atoms with E-state index < -0.39 is 17.6 Å². The second kappa shape index (κ2) is 6.16. The Labute approximate surface area is 117 Å². The van der Waals surface area contributed by atoms with Crippen LogP contribution in [0.4, 0.5) is 8.78 Å². The summed E-state index contributed by atoms with van der Waals surface area (Å²) in [7, 11) is 1.21. The number of halogens is 2. The molecule has 2 nitrogen and oxygen atoms in total. The largest absolute Gasteiger partial charge is 0.465 e. The number of esters is 1. The fourth-order valence-electron chi connectivity index (χ4n) is 1.52. The maximum Gasteiger partial charge on any atom is 0.338 e. The van der Waals surface area contributed by atoms with Crippen LogP contribution in [-0.4, -0.2) is 13.1 Å². The van der Waals surface area contributed by atoms with Crippen molar-refractivity contribution in [3.05, 3.63) is 52.4 Å². The van der Waals surface area contributed by atoms with Crippen molar-refractivity contribution in [2.75, 3.05) is 7.11 Å². The van der Waals surface area contributed by atoms with E-state index >= 15 is 0 Å². The van der Waals surface area contributed by atoms with Crippen LogP contribution in [0.3, 0.4) is 0 Å². The maximum atomic E-state index is 13.8. The molecule has 0 unspecified atom stereocenters. The number of benzene rings is 1. The van der Waals surface area contributed by atoms with Crippen LogP contribution in [-0.2, 0) is 10.5 Å². The summed E-state index contributed by atoms with van der Waals surface area (Å²) in [5.74, 6) is -2.45. The number of carbonyl (C=O) groups excluding carboxylic acids is 1.